The minimum atomic E-state index is -0.378. The number of carbonyl (C=O) groups excluding carboxylic acids is 1. The number of nitrogens with zero attached hydrogens (tertiary/aromatic N) is 1. The average Bonchev–Trinajstić information content (AvgIpc) is 2.68. The molecule has 1 aliphatic rings. The first-order valence-corrected chi connectivity index (χ1v) is 8.78. The summed E-state index contributed by atoms with van der Waals surface area (Å²) in [5.41, 5.74) is 5.06. The van der Waals surface area contributed by atoms with Gasteiger partial charge in [0.05, 0.1) is 5.92 Å². The summed E-state index contributed by atoms with van der Waals surface area (Å²) in [6.07, 6.45) is 2.18. The molecule has 0 bridgehead atoms. The third-order valence-corrected chi connectivity index (χ3v) is 4.66. The fourth-order valence-electron chi connectivity index (χ4n) is 3.24. The smallest absolute Gasteiger partial charge is 0.247 e. The van der Waals surface area contributed by atoms with Gasteiger partial charge >= 0.3 is 0 Å². The Morgan fingerprint density at radius 3 is 2.62 bits per heavy atom. The van der Waals surface area contributed by atoms with E-state index in [1.165, 1.54) is 0 Å². The van der Waals surface area contributed by atoms with Crippen LogP contribution in [0.4, 0.5) is 5.69 Å². The molecule has 0 radical (unpaired) electrons. The lowest BCUT2D eigenvalue weighted by atomic mass is 9.95. The van der Waals surface area contributed by atoms with E-state index in [9.17, 15) is 4.79 Å². The topological polar surface area (TPSA) is 61.8 Å². The lowest BCUT2D eigenvalue weighted by Crippen LogP contribution is -2.42. The number of para-hydroxylation sites is 2. The highest BCUT2D eigenvalue weighted by molar-refractivity contribution is 5.83. The molecule has 0 saturated carbocycles. The molecule has 2 aromatic carbocycles. The van der Waals surface area contributed by atoms with E-state index in [1.807, 2.05) is 42.5 Å². The summed E-state index contributed by atoms with van der Waals surface area (Å²) in [6.45, 7) is 4.92. The van der Waals surface area contributed by atoms with Gasteiger partial charge in [0.1, 0.15) is 12.4 Å². The van der Waals surface area contributed by atoms with Gasteiger partial charge in [-0.3, -0.25) is 10.0 Å². The van der Waals surface area contributed by atoms with Gasteiger partial charge in [-0.1, -0.05) is 49.4 Å². The van der Waals surface area contributed by atoms with Crippen molar-refractivity contribution in [1.82, 2.24) is 5.48 Å². The molecule has 1 aliphatic heterocycles. The van der Waals surface area contributed by atoms with Crippen molar-refractivity contribution < 1.29 is 14.7 Å². The van der Waals surface area contributed by atoms with Crippen LogP contribution >= 0.6 is 0 Å². The summed E-state index contributed by atoms with van der Waals surface area (Å²) >= 11 is 0. The first-order chi connectivity index (χ1) is 12.6. The van der Waals surface area contributed by atoms with Crippen LogP contribution in [0.3, 0.4) is 0 Å². The molecule has 136 valence electrons. The summed E-state index contributed by atoms with van der Waals surface area (Å²) in [5.74, 6) is 0.136. The molecule has 3 rings (SSSR count). The molecular weight excluding hydrogens is 328 g/mol. The van der Waals surface area contributed by atoms with Crippen LogP contribution in [0.25, 0.3) is 5.57 Å². The first kappa shape index (κ1) is 18.0. The fourth-order valence-corrected chi connectivity index (χ4v) is 3.24. The Bertz CT molecular complexity index is 789. The summed E-state index contributed by atoms with van der Waals surface area (Å²) in [7, 11) is 0. The van der Waals surface area contributed by atoms with E-state index in [1.54, 1.807) is 12.4 Å². The van der Waals surface area contributed by atoms with Gasteiger partial charge in [-0.05, 0) is 30.7 Å². The highest BCUT2D eigenvalue weighted by Crippen LogP contribution is 2.35. The van der Waals surface area contributed by atoms with Crippen molar-refractivity contribution in [2.24, 2.45) is 5.92 Å². The summed E-state index contributed by atoms with van der Waals surface area (Å²) in [4.78, 5) is 13.9. The Morgan fingerprint density at radius 1 is 1.19 bits per heavy atom. The molecule has 2 atom stereocenters. The summed E-state index contributed by atoms with van der Waals surface area (Å²) in [5, 5.41) is 8.87. The maximum atomic E-state index is 11.7. The van der Waals surface area contributed by atoms with Crippen LogP contribution < -0.4 is 15.1 Å². The second-order valence-electron chi connectivity index (χ2n) is 6.58. The van der Waals surface area contributed by atoms with Crippen molar-refractivity contribution in [3.63, 3.8) is 0 Å². The van der Waals surface area contributed by atoms with Crippen molar-refractivity contribution in [3.8, 4) is 5.75 Å². The van der Waals surface area contributed by atoms with Crippen molar-refractivity contribution in [1.29, 1.82) is 0 Å². The minimum Gasteiger partial charge on any atom is -0.489 e. The van der Waals surface area contributed by atoms with E-state index in [0.717, 1.165) is 22.6 Å². The van der Waals surface area contributed by atoms with Gasteiger partial charge in [-0.25, -0.2) is 5.48 Å². The highest BCUT2D eigenvalue weighted by Gasteiger charge is 2.26. The highest BCUT2D eigenvalue weighted by atomic mass is 16.5. The Morgan fingerprint density at radius 2 is 1.88 bits per heavy atom. The molecule has 2 unspecified atom stereocenters. The number of ether oxygens (including phenoxy) is 1. The lowest BCUT2D eigenvalue weighted by Gasteiger charge is -2.37. The van der Waals surface area contributed by atoms with E-state index in [4.69, 9.17) is 9.94 Å². The van der Waals surface area contributed by atoms with Crippen molar-refractivity contribution >= 4 is 17.2 Å². The summed E-state index contributed by atoms with van der Waals surface area (Å²) < 4.78 is 5.94. The molecule has 26 heavy (non-hydrogen) atoms. The van der Waals surface area contributed by atoms with Gasteiger partial charge in [-0.15, -0.1) is 0 Å². The van der Waals surface area contributed by atoms with E-state index >= 15 is 0 Å². The molecule has 0 saturated heterocycles. The molecule has 1 heterocycles. The first-order valence-electron chi connectivity index (χ1n) is 8.78. The number of hydrogen-bond donors (Lipinski definition) is 2. The van der Waals surface area contributed by atoms with Crippen LogP contribution in [0.2, 0.25) is 0 Å². The number of hydrogen-bond acceptors (Lipinski definition) is 4. The third kappa shape index (κ3) is 3.89. The summed E-state index contributed by atoms with van der Waals surface area (Å²) in [6, 6.07) is 18.0. The van der Waals surface area contributed by atoms with Gasteiger partial charge in [0.2, 0.25) is 5.91 Å². The van der Waals surface area contributed by atoms with E-state index in [2.05, 4.69) is 30.0 Å². The number of hydroxylamine groups is 1. The minimum absolute atomic E-state index is 0.119. The molecule has 0 aromatic heterocycles. The maximum absolute atomic E-state index is 11.7. The molecule has 0 aliphatic carbocycles. The maximum Gasteiger partial charge on any atom is 0.247 e. The Kier molecular flexibility index (Phi) is 5.58. The van der Waals surface area contributed by atoms with Crippen molar-refractivity contribution in [2.45, 2.75) is 19.9 Å². The number of carbonyl (C=O) groups is 1. The zero-order valence-electron chi connectivity index (χ0n) is 15.1. The monoisotopic (exact) mass is 352 g/mol. The van der Waals surface area contributed by atoms with Crippen LogP contribution in [0, 0.1) is 5.92 Å². The van der Waals surface area contributed by atoms with E-state index in [-0.39, 0.29) is 17.9 Å². The van der Waals surface area contributed by atoms with E-state index < -0.39 is 0 Å². The van der Waals surface area contributed by atoms with E-state index in [0.29, 0.717) is 13.2 Å². The zero-order chi connectivity index (χ0) is 18.5. The lowest BCUT2D eigenvalue weighted by molar-refractivity contribution is -0.132. The van der Waals surface area contributed by atoms with Crippen molar-refractivity contribution in [3.05, 3.63) is 66.2 Å². The quantitative estimate of drug-likeness (QED) is 0.617. The second kappa shape index (κ2) is 8.06. The zero-order valence-corrected chi connectivity index (χ0v) is 15.1. The van der Waals surface area contributed by atoms with Gasteiger partial charge in [-0.2, -0.15) is 0 Å². The standard InChI is InChI=1S/C21H24N2O3/c1-15(21(24)22-25)13-23-16(2)12-17(19-10-6-7-11-20(19)23)14-26-18-8-4-3-5-9-18/h3-12,15-16,25H,13-14H2,1-2H3,(H,22,24). The Hall–Kier alpha value is -2.79. The van der Waals surface area contributed by atoms with Crippen LogP contribution in [-0.2, 0) is 4.79 Å². The largest absolute Gasteiger partial charge is 0.489 e. The number of fused-ring (bicyclic) bond motifs is 1. The van der Waals surface area contributed by atoms with Crippen LogP contribution in [0.5, 0.6) is 5.75 Å². The molecular formula is C21H24N2O3. The van der Waals surface area contributed by atoms with Crippen LogP contribution in [-0.4, -0.2) is 30.3 Å². The van der Waals surface area contributed by atoms with Crippen LogP contribution in [0.1, 0.15) is 19.4 Å². The molecule has 0 spiro atoms. The predicted octanol–water partition coefficient (Wildman–Crippen LogP) is 3.50. The van der Waals surface area contributed by atoms with Crippen LogP contribution in [0.15, 0.2) is 60.7 Å². The molecule has 2 aromatic rings. The van der Waals surface area contributed by atoms with Gasteiger partial charge in [0, 0.05) is 23.8 Å². The Balaban J connectivity index is 1.81. The van der Waals surface area contributed by atoms with Gasteiger partial charge in [0.15, 0.2) is 0 Å². The molecule has 0 fully saturated rings. The number of anilines is 1. The molecule has 2 N–H and O–H groups in total. The number of nitrogens with one attached hydrogen (secondary N) is 1. The van der Waals surface area contributed by atoms with Gasteiger partial charge in [0.25, 0.3) is 0 Å². The van der Waals surface area contributed by atoms with Gasteiger partial charge < -0.3 is 9.64 Å². The molecule has 5 nitrogen and oxygen atoms in total. The molecule has 5 heteroatoms. The molecule has 1 amide bonds. The normalized spacial score (nSPS) is 17.1. The third-order valence-electron chi connectivity index (χ3n) is 4.66. The van der Waals surface area contributed by atoms with Crippen molar-refractivity contribution in [2.75, 3.05) is 18.1 Å². The number of rotatable bonds is 6. The Labute approximate surface area is 153 Å². The predicted molar refractivity (Wildman–Crippen MR) is 102 cm³/mol. The number of benzene rings is 2. The second-order valence-corrected chi connectivity index (χ2v) is 6.58. The number of amides is 1. The average molecular weight is 352 g/mol. The SMILES string of the molecule is CC(CN1c2ccccc2C(COc2ccccc2)=CC1C)C(=O)NO. The fraction of sp³-hybridized carbons (Fsp3) is 0.286.